The lowest BCUT2D eigenvalue weighted by molar-refractivity contribution is 0.118. The van der Waals surface area contributed by atoms with Crippen LogP contribution in [0, 0.1) is 19.8 Å². The van der Waals surface area contributed by atoms with Gasteiger partial charge in [0.1, 0.15) is 4.90 Å². The Hall–Kier alpha value is -0.920. The third-order valence-electron chi connectivity index (χ3n) is 3.54. The van der Waals surface area contributed by atoms with Gasteiger partial charge in [0.25, 0.3) is 0 Å². The Morgan fingerprint density at radius 2 is 2.21 bits per heavy atom. The Morgan fingerprint density at radius 1 is 1.47 bits per heavy atom. The summed E-state index contributed by atoms with van der Waals surface area (Å²) in [6, 6.07) is 0. The van der Waals surface area contributed by atoms with Crippen LogP contribution in [0.25, 0.3) is 0 Å². The monoisotopic (exact) mass is 287 g/mol. The highest BCUT2D eigenvalue weighted by molar-refractivity contribution is 7.89. The summed E-state index contributed by atoms with van der Waals surface area (Å²) in [5.41, 5.74) is 1.14. The van der Waals surface area contributed by atoms with E-state index in [1.807, 2.05) is 0 Å². The number of hydrogen-bond acceptors (Lipinski definition) is 4. The number of methoxy groups -OCH3 is 1. The van der Waals surface area contributed by atoms with Gasteiger partial charge in [-0.2, -0.15) is 9.40 Å². The molecule has 0 amide bonds. The van der Waals surface area contributed by atoms with E-state index in [2.05, 4.69) is 10.2 Å². The molecule has 6 nitrogen and oxygen atoms in total. The average molecular weight is 287 g/mol. The molecule has 1 aromatic rings. The van der Waals surface area contributed by atoms with Crippen LogP contribution in [-0.2, 0) is 14.8 Å². The third kappa shape index (κ3) is 2.82. The molecule has 1 aromatic heterocycles. The second-order valence-corrected chi connectivity index (χ2v) is 6.96. The number of nitrogens with zero attached hydrogens (tertiary/aromatic N) is 2. The van der Waals surface area contributed by atoms with Crippen LogP contribution in [0.1, 0.15) is 24.2 Å². The maximum atomic E-state index is 12.7. The van der Waals surface area contributed by atoms with E-state index in [1.165, 1.54) is 0 Å². The van der Waals surface area contributed by atoms with Crippen molar-refractivity contribution in [3.8, 4) is 0 Å². The second-order valence-electron chi connectivity index (χ2n) is 5.09. The van der Waals surface area contributed by atoms with E-state index in [0.29, 0.717) is 36.0 Å². The summed E-state index contributed by atoms with van der Waals surface area (Å²) >= 11 is 0. The number of piperidine rings is 1. The van der Waals surface area contributed by atoms with E-state index in [1.54, 1.807) is 25.3 Å². The quantitative estimate of drug-likeness (QED) is 0.899. The largest absolute Gasteiger partial charge is 0.384 e. The zero-order chi connectivity index (χ0) is 14.0. The molecule has 2 rings (SSSR count). The highest BCUT2D eigenvalue weighted by Crippen LogP contribution is 2.26. The number of aromatic nitrogens is 2. The van der Waals surface area contributed by atoms with Crippen LogP contribution < -0.4 is 0 Å². The molecular formula is C12H21N3O3S. The molecule has 1 aliphatic rings. The number of H-pyrrole nitrogens is 1. The van der Waals surface area contributed by atoms with Crippen molar-refractivity contribution in [3.63, 3.8) is 0 Å². The normalized spacial score (nSPS) is 21.7. The van der Waals surface area contributed by atoms with Crippen LogP contribution in [0.2, 0.25) is 0 Å². The molecule has 1 saturated heterocycles. The smallest absolute Gasteiger partial charge is 0.246 e. The molecule has 108 valence electrons. The van der Waals surface area contributed by atoms with Crippen LogP contribution in [0.3, 0.4) is 0 Å². The molecule has 0 aliphatic carbocycles. The first kappa shape index (κ1) is 14.5. The summed E-state index contributed by atoms with van der Waals surface area (Å²) < 4.78 is 32.0. The van der Waals surface area contributed by atoms with Crippen molar-refractivity contribution in [2.75, 3.05) is 26.8 Å². The molecule has 1 fully saturated rings. The van der Waals surface area contributed by atoms with Crippen molar-refractivity contribution in [2.24, 2.45) is 5.92 Å². The van der Waals surface area contributed by atoms with Gasteiger partial charge < -0.3 is 4.74 Å². The number of rotatable bonds is 4. The molecule has 1 N–H and O–H groups in total. The zero-order valence-corrected chi connectivity index (χ0v) is 12.5. The first-order valence-corrected chi connectivity index (χ1v) is 7.91. The van der Waals surface area contributed by atoms with Crippen molar-refractivity contribution in [2.45, 2.75) is 31.6 Å². The van der Waals surface area contributed by atoms with E-state index in [-0.39, 0.29) is 5.92 Å². The Morgan fingerprint density at radius 3 is 2.79 bits per heavy atom. The standard InChI is InChI=1S/C12H21N3O3S/c1-9-12(10(2)14-13-9)19(16,17)15-6-4-5-11(7-15)8-18-3/h11H,4-8H2,1-3H3,(H,13,14). The fraction of sp³-hybridized carbons (Fsp3) is 0.750. The van der Waals surface area contributed by atoms with Gasteiger partial charge in [0, 0.05) is 20.2 Å². The van der Waals surface area contributed by atoms with Gasteiger partial charge in [-0.05, 0) is 32.6 Å². The highest BCUT2D eigenvalue weighted by Gasteiger charge is 2.33. The van der Waals surface area contributed by atoms with E-state index in [4.69, 9.17) is 4.74 Å². The molecule has 1 atom stereocenters. The van der Waals surface area contributed by atoms with E-state index in [0.717, 1.165) is 12.8 Å². The molecule has 1 unspecified atom stereocenters. The van der Waals surface area contributed by atoms with Gasteiger partial charge in [0.05, 0.1) is 18.0 Å². The predicted octanol–water partition coefficient (Wildman–Crippen LogP) is 1.07. The Kier molecular flexibility index (Phi) is 4.27. The zero-order valence-electron chi connectivity index (χ0n) is 11.6. The summed E-state index contributed by atoms with van der Waals surface area (Å²) in [7, 11) is -1.80. The molecule has 0 radical (unpaired) electrons. The first-order valence-electron chi connectivity index (χ1n) is 6.47. The third-order valence-corrected chi connectivity index (χ3v) is 5.67. The highest BCUT2D eigenvalue weighted by atomic mass is 32.2. The lowest BCUT2D eigenvalue weighted by Crippen LogP contribution is -2.41. The van der Waals surface area contributed by atoms with Crippen LogP contribution in [0.5, 0.6) is 0 Å². The maximum Gasteiger partial charge on any atom is 0.246 e. The Balaban J connectivity index is 2.25. The van der Waals surface area contributed by atoms with Gasteiger partial charge in [-0.1, -0.05) is 0 Å². The van der Waals surface area contributed by atoms with E-state index in [9.17, 15) is 8.42 Å². The van der Waals surface area contributed by atoms with E-state index >= 15 is 0 Å². The lowest BCUT2D eigenvalue weighted by Gasteiger charge is -2.31. The number of aryl methyl sites for hydroxylation is 2. The van der Waals surface area contributed by atoms with Crippen molar-refractivity contribution < 1.29 is 13.2 Å². The Labute approximate surface area is 114 Å². The minimum atomic E-state index is -3.45. The summed E-state index contributed by atoms with van der Waals surface area (Å²) in [5.74, 6) is 0.279. The number of ether oxygens (including phenoxy) is 1. The molecule has 0 aromatic carbocycles. The maximum absolute atomic E-state index is 12.7. The summed E-state index contributed by atoms with van der Waals surface area (Å²) in [6.45, 7) is 5.17. The number of nitrogens with one attached hydrogen (secondary N) is 1. The minimum Gasteiger partial charge on any atom is -0.384 e. The molecule has 0 saturated carbocycles. The van der Waals surface area contributed by atoms with Crippen LogP contribution in [-0.4, -0.2) is 49.7 Å². The van der Waals surface area contributed by atoms with Crippen molar-refractivity contribution in [3.05, 3.63) is 11.4 Å². The number of aromatic amines is 1. The molecule has 2 heterocycles. The molecule has 1 aliphatic heterocycles. The van der Waals surface area contributed by atoms with E-state index < -0.39 is 10.0 Å². The van der Waals surface area contributed by atoms with Gasteiger partial charge >= 0.3 is 0 Å². The van der Waals surface area contributed by atoms with Crippen molar-refractivity contribution in [1.82, 2.24) is 14.5 Å². The van der Waals surface area contributed by atoms with Crippen LogP contribution >= 0.6 is 0 Å². The predicted molar refractivity (Wildman–Crippen MR) is 71.4 cm³/mol. The summed E-state index contributed by atoms with van der Waals surface area (Å²) in [5, 5.41) is 6.72. The fourth-order valence-electron chi connectivity index (χ4n) is 2.67. The molecule has 7 heteroatoms. The van der Waals surface area contributed by atoms with Gasteiger partial charge in [-0.3, -0.25) is 5.10 Å². The number of hydrogen-bond donors (Lipinski definition) is 1. The van der Waals surface area contributed by atoms with Crippen molar-refractivity contribution >= 4 is 10.0 Å². The Bertz CT molecular complexity index is 517. The topological polar surface area (TPSA) is 75.3 Å². The first-order chi connectivity index (χ1) is 8.96. The minimum absolute atomic E-state index is 0.279. The lowest BCUT2D eigenvalue weighted by atomic mass is 10.0. The summed E-state index contributed by atoms with van der Waals surface area (Å²) in [6.07, 6.45) is 1.90. The van der Waals surface area contributed by atoms with Crippen LogP contribution in [0.15, 0.2) is 4.90 Å². The van der Waals surface area contributed by atoms with Gasteiger partial charge in [0.15, 0.2) is 0 Å². The summed E-state index contributed by atoms with van der Waals surface area (Å²) in [4.78, 5) is 0.325. The van der Waals surface area contributed by atoms with Crippen molar-refractivity contribution in [1.29, 1.82) is 0 Å². The molecular weight excluding hydrogens is 266 g/mol. The SMILES string of the molecule is COCC1CCCN(S(=O)(=O)c2c(C)n[nH]c2C)C1. The second kappa shape index (κ2) is 5.60. The van der Waals surface area contributed by atoms with Gasteiger partial charge in [-0.15, -0.1) is 0 Å². The number of sulfonamides is 1. The van der Waals surface area contributed by atoms with Gasteiger partial charge in [-0.25, -0.2) is 8.42 Å². The molecule has 0 spiro atoms. The van der Waals surface area contributed by atoms with Crippen LogP contribution in [0.4, 0.5) is 0 Å². The average Bonchev–Trinajstić information content (AvgIpc) is 2.70. The van der Waals surface area contributed by atoms with Gasteiger partial charge in [0.2, 0.25) is 10.0 Å². The fourth-order valence-corrected chi connectivity index (χ4v) is 4.55. The molecule has 0 bridgehead atoms. The molecule has 19 heavy (non-hydrogen) atoms.